The molecule has 0 saturated carbocycles. The molecular weight excluding hydrogens is 324 g/mol. The zero-order valence-electron chi connectivity index (χ0n) is 15.2. The van der Waals surface area contributed by atoms with Crippen LogP contribution in [0.15, 0.2) is 60.8 Å². The molecule has 1 aromatic heterocycles. The molecule has 0 aliphatic heterocycles. The molecule has 26 heavy (non-hydrogen) atoms. The van der Waals surface area contributed by atoms with E-state index in [1.165, 1.54) is 0 Å². The van der Waals surface area contributed by atoms with Crippen molar-refractivity contribution in [2.75, 3.05) is 7.11 Å². The number of nitrogens with one attached hydrogen (secondary N) is 1. The number of hydrogen-bond acceptors (Lipinski definition) is 3. The Morgan fingerprint density at radius 3 is 2.81 bits per heavy atom. The SMILES string of the molecule is COc1ccc(C)cc1C(C)NC(=O)/C=C/c1cccc2cccnc12. The average Bonchev–Trinajstić information content (AvgIpc) is 2.66. The quantitative estimate of drug-likeness (QED) is 0.695. The highest BCUT2D eigenvalue weighted by Gasteiger charge is 2.13. The van der Waals surface area contributed by atoms with Crippen molar-refractivity contribution in [1.29, 1.82) is 0 Å². The summed E-state index contributed by atoms with van der Waals surface area (Å²) in [5, 5.41) is 4.04. The van der Waals surface area contributed by atoms with Crippen LogP contribution >= 0.6 is 0 Å². The standard InChI is InChI=1S/C22H22N2O2/c1-15-9-11-20(26-3)19(14-15)16(2)24-21(25)12-10-18-7-4-6-17-8-5-13-23-22(17)18/h4-14,16H,1-3H3,(H,24,25)/b12-10+. The Morgan fingerprint density at radius 2 is 2.00 bits per heavy atom. The molecule has 2 aromatic carbocycles. The lowest BCUT2D eigenvalue weighted by atomic mass is 10.0. The maximum absolute atomic E-state index is 12.4. The lowest BCUT2D eigenvalue weighted by Crippen LogP contribution is -2.25. The van der Waals surface area contributed by atoms with E-state index in [1.54, 1.807) is 25.5 Å². The smallest absolute Gasteiger partial charge is 0.244 e. The van der Waals surface area contributed by atoms with Gasteiger partial charge in [0.1, 0.15) is 5.75 Å². The number of aromatic nitrogens is 1. The lowest BCUT2D eigenvalue weighted by molar-refractivity contribution is -0.117. The highest BCUT2D eigenvalue weighted by molar-refractivity contribution is 5.95. The lowest BCUT2D eigenvalue weighted by Gasteiger charge is -2.17. The fourth-order valence-corrected chi connectivity index (χ4v) is 2.96. The monoisotopic (exact) mass is 346 g/mol. The molecule has 4 heteroatoms. The first-order valence-corrected chi connectivity index (χ1v) is 8.55. The van der Waals surface area contributed by atoms with Crippen LogP contribution < -0.4 is 10.1 Å². The summed E-state index contributed by atoms with van der Waals surface area (Å²) in [6.45, 7) is 3.97. The number of methoxy groups -OCH3 is 1. The topological polar surface area (TPSA) is 51.2 Å². The van der Waals surface area contributed by atoms with Crippen molar-refractivity contribution >= 4 is 22.9 Å². The summed E-state index contributed by atoms with van der Waals surface area (Å²) in [5.41, 5.74) is 3.88. The molecule has 1 unspecified atom stereocenters. The van der Waals surface area contributed by atoms with Gasteiger partial charge >= 0.3 is 0 Å². The first-order valence-electron chi connectivity index (χ1n) is 8.55. The maximum Gasteiger partial charge on any atom is 0.244 e. The zero-order chi connectivity index (χ0) is 18.5. The van der Waals surface area contributed by atoms with E-state index in [-0.39, 0.29) is 11.9 Å². The molecule has 0 radical (unpaired) electrons. The second-order valence-corrected chi connectivity index (χ2v) is 6.23. The van der Waals surface area contributed by atoms with Crippen molar-refractivity contribution in [2.45, 2.75) is 19.9 Å². The van der Waals surface area contributed by atoms with Gasteiger partial charge in [-0.3, -0.25) is 9.78 Å². The predicted octanol–water partition coefficient (Wildman–Crippen LogP) is 4.44. The Bertz CT molecular complexity index is 958. The van der Waals surface area contributed by atoms with Gasteiger partial charge in [-0.05, 0) is 32.1 Å². The summed E-state index contributed by atoms with van der Waals surface area (Å²) in [6, 6.07) is 15.6. The van der Waals surface area contributed by atoms with Crippen LogP contribution in [0.2, 0.25) is 0 Å². The Balaban J connectivity index is 1.76. The molecule has 0 spiro atoms. The van der Waals surface area contributed by atoms with E-state index in [0.717, 1.165) is 33.3 Å². The van der Waals surface area contributed by atoms with Gasteiger partial charge in [0, 0.05) is 28.8 Å². The van der Waals surface area contributed by atoms with Gasteiger partial charge in [0.05, 0.1) is 18.7 Å². The summed E-state index contributed by atoms with van der Waals surface area (Å²) in [7, 11) is 1.64. The van der Waals surface area contributed by atoms with Gasteiger partial charge < -0.3 is 10.1 Å². The van der Waals surface area contributed by atoms with Crippen LogP contribution in [-0.4, -0.2) is 18.0 Å². The molecular formula is C22H22N2O2. The molecule has 0 bridgehead atoms. The van der Waals surface area contributed by atoms with Gasteiger partial charge in [0.15, 0.2) is 0 Å². The minimum absolute atomic E-state index is 0.158. The molecule has 1 amide bonds. The highest BCUT2D eigenvalue weighted by Crippen LogP contribution is 2.26. The molecule has 132 valence electrons. The summed E-state index contributed by atoms with van der Waals surface area (Å²) < 4.78 is 5.40. The molecule has 0 aliphatic rings. The van der Waals surface area contributed by atoms with E-state index in [9.17, 15) is 4.79 Å². The van der Waals surface area contributed by atoms with Crippen LogP contribution in [-0.2, 0) is 4.79 Å². The number of para-hydroxylation sites is 1. The summed E-state index contributed by atoms with van der Waals surface area (Å²) >= 11 is 0. The van der Waals surface area contributed by atoms with Crippen LogP contribution in [0.4, 0.5) is 0 Å². The molecule has 1 atom stereocenters. The number of ether oxygens (including phenoxy) is 1. The molecule has 1 heterocycles. The number of fused-ring (bicyclic) bond motifs is 1. The van der Waals surface area contributed by atoms with Gasteiger partial charge in [0.25, 0.3) is 0 Å². The van der Waals surface area contributed by atoms with E-state index < -0.39 is 0 Å². The van der Waals surface area contributed by atoms with Crippen LogP contribution in [0.1, 0.15) is 29.7 Å². The van der Waals surface area contributed by atoms with Gasteiger partial charge in [0.2, 0.25) is 5.91 Å². The first-order chi connectivity index (χ1) is 12.6. The van der Waals surface area contributed by atoms with E-state index in [2.05, 4.69) is 10.3 Å². The minimum atomic E-state index is -0.160. The van der Waals surface area contributed by atoms with Crippen molar-refractivity contribution in [3.63, 3.8) is 0 Å². The van der Waals surface area contributed by atoms with E-state index >= 15 is 0 Å². The number of carbonyl (C=O) groups is 1. The van der Waals surface area contributed by atoms with E-state index in [1.807, 2.05) is 62.4 Å². The molecule has 1 N–H and O–H groups in total. The van der Waals surface area contributed by atoms with Crippen LogP contribution in [0.3, 0.4) is 0 Å². The summed E-state index contributed by atoms with van der Waals surface area (Å²) in [5.74, 6) is 0.611. The van der Waals surface area contributed by atoms with Crippen molar-refractivity contribution in [3.8, 4) is 5.75 Å². The molecule has 0 aliphatic carbocycles. The van der Waals surface area contributed by atoms with Gasteiger partial charge in [-0.2, -0.15) is 0 Å². The predicted molar refractivity (Wildman–Crippen MR) is 105 cm³/mol. The van der Waals surface area contributed by atoms with Crippen molar-refractivity contribution < 1.29 is 9.53 Å². The third kappa shape index (κ3) is 3.91. The number of carbonyl (C=O) groups excluding carboxylic acids is 1. The molecule has 3 aromatic rings. The van der Waals surface area contributed by atoms with Crippen LogP contribution in [0.5, 0.6) is 5.75 Å². The second kappa shape index (κ2) is 7.83. The summed E-state index contributed by atoms with van der Waals surface area (Å²) in [4.78, 5) is 16.8. The van der Waals surface area contributed by atoms with E-state index in [0.29, 0.717) is 0 Å². The number of benzene rings is 2. The summed E-state index contributed by atoms with van der Waals surface area (Å²) in [6.07, 6.45) is 5.10. The maximum atomic E-state index is 12.4. The van der Waals surface area contributed by atoms with Crippen LogP contribution in [0.25, 0.3) is 17.0 Å². The Morgan fingerprint density at radius 1 is 1.19 bits per heavy atom. The molecule has 3 rings (SSSR count). The van der Waals surface area contributed by atoms with Crippen molar-refractivity contribution in [2.24, 2.45) is 0 Å². The fourth-order valence-electron chi connectivity index (χ4n) is 2.96. The Hall–Kier alpha value is -3.14. The average molecular weight is 346 g/mol. The Kier molecular flexibility index (Phi) is 5.32. The molecule has 4 nitrogen and oxygen atoms in total. The van der Waals surface area contributed by atoms with E-state index in [4.69, 9.17) is 4.74 Å². The van der Waals surface area contributed by atoms with Crippen molar-refractivity contribution in [1.82, 2.24) is 10.3 Å². The number of amides is 1. The number of aryl methyl sites for hydroxylation is 1. The van der Waals surface area contributed by atoms with Crippen molar-refractivity contribution in [3.05, 3.63) is 77.5 Å². The molecule has 0 fully saturated rings. The number of rotatable bonds is 5. The van der Waals surface area contributed by atoms with Gasteiger partial charge in [-0.15, -0.1) is 0 Å². The third-order valence-corrected chi connectivity index (χ3v) is 4.29. The number of hydrogen-bond donors (Lipinski definition) is 1. The largest absolute Gasteiger partial charge is 0.496 e. The first kappa shape index (κ1) is 17.7. The third-order valence-electron chi connectivity index (χ3n) is 4.29. The minimum Gasteiger partial charge on any atom is -0.496 e. The Labute approximate surface area is 153 Å². The second-order valence-electron chi connectivity index (χ2n) is 6.23. The molecule has 0 saturated heterocycles. The van der Waals surface area contributed by atoms with Crippen LogP contribution in [0, 0.1) is 6.92 Å². The fraction of sp³-hybridized carbons (Fsp3) is 0.182. The van der Waals surface area contributed by atoms with Gasteiger partial charge in [-0.1, -0.05) is 42.0 Å². The number of pyridine rings is 1. The zero-order valence-corrected chi connectivity index (χ0v) is 15.2. The number of nitrogens with zero attached hydrogens (tertiary/aromatic N) is 1. The van der Waals surface area contributed by atoms with Gasteiger partial charge in [-0.25, -0.2) is 0 Å². The normalized spacial score (nSPS) is 12.3. The highest BCUT2D eigenvalue weighted by atomic mass is 16.5.